The number of amides is 1. The van der Waals surface area contributed by atoms with E-state index in [9.17, 15) is 14.7 Å². The molecule has 0 spiro atoms. The first-order valence-electron chi connectivity index (χ1n) is 7.50. The van der Waals surface area contributed by atoms with Crippen molar-refractivity contribution in [3.63, 3.8) is 0 Å². The van der Waals surface area contributed by atoms with Gasteiger partial charge in [-0.05, 0) is 23.8 Å². The van der Waals surface area contributed by atoms with Crippen molar-refractivity contribution in [2.24, 2.45) is 7.05 Å². The van der Waals surface area contributed by atoms with Crippen LogP contribution >= 0.6 is 15.9 Å². The van der Waals surface area contributed by atoms with Crippen molar-refractivity contribution in [1.29, 1.82) is 0 Å². The summed E-state index contributed by atoms with van der Waals surface area (Å²) in [4.78, 5) is 28.1. The summed E-state index contributed by atoms with van der Waals surface area (Å²) in [5.41, 5.74) is 1.71. The minimum absolute atomic E-state index is 0.214. The standard InChI is InChI=1S/C17H15BrN4O3/c1-22-16-13(9-20-22)12(6-7-19-16)17(25)21-14(8-15(23)24)10-2-4-11(18)5-3-10/h2-7,9,14H,8H2,1H3,(H,21,25)(H,23,24)/t14-/m0/s1. The lowest BCUT2D eigenvalue weighted by atomic mass is 10.0. The first-order valence-corrected chi connectivity index (χ1v) is 8.30. The highest BCUT2D eigenvalue weighted by Crippen LogP contribution is 2.22. The van der Waals surface area contributed by atoms with Gasteiger partial charge in [0.15, 0.2) is 5.65 Å². The van der Waals surface area contributed by atoms with Gasteiger partial charge >= 0.3 is 5.97 Å². The summed E-state index contributed by atoms with van der Waals surface area (Å²) in [6.07, 6.45) is 2.89. The lowest BCUT2D eigenvalue weighted by Gasteiger charge is -2.18. The van der Waals surface area contributed by atoms with E-state index in [-0.39, 0.29) is 12.3 Å². The summed E-state index contributed by atoms with van der Waals surface area (Å²) >= 11 is 3.34. The molecule has 8 heteroatoms. The number of fused-ring (bicyclic) bond motifs is 1. The number of rotatable bonds is 5. The number of pyridine rings is 1. The highest BCUT2D eigenvalue weighted by molar-refractivity contribution is 9.10. The molecule has 0 saturated heterocycles. The number of carbonyl (C=O) groups excluding carboxylic acids is 1. The average molecular weight is 403 g/mol. The van der Waals surface area contributed by atoms with E-state index in [0.717, 1.165) is 10.0 Å². The van der Waals surface area contributed by atoms with Crippen LogP contribution in [0, 0.1) is 0 Å². The second kappa shape index (κ2) is 7.02. The summed E-state index contributed by atoms with van der Waals surface area (Å²) in [6.45, 7) is 0. The molecule has 3 rings (SSSR count). The number of carboxylic acids is 1. The van der Waals surface area contributed by atoms with Crippen LogP contribution in [0.25, 0.3) is 11.0 Å². The Bertz CT molecular complexity index is 937. The Balaban J connectivity index is 1.91. The van der Waals surface area contributed by atoms with E-state index in [1.54, 1.807) is 36.1 Å². The molecule has 2 aromatic heterocycles. The van der Waals surface area contributed by atoms with Crippen LogP contribution in [0.3, 0.4) is 0 Å². The molecule has 7 nitrogen and oxygen atoms in total. The predicted octanol–water partition coefficient (Wildman–Crippen LogP) is 2.68. The van der Waals surface area contributed by atoms with E-state index in [4.69, 9.17) is 0 Å². The average Bonchev–Trinajstić information content (AvgIpc) is 2.96. The van der Waals surface area contributed by atoms with Gasteiger partial charge in [0.05, 0.1) is 29.6 Å². The largest absolute Gasteiger partial charge is 0.481 e. The quantitative estimate of drug-likeness (QED) is 0.683. The van der Waals surface area contributed by atoms with Crippen LogP contribution in [0.2, 0.25) is 0 Å². The van der Waals surface area contributed by atoms with Gasteiger partial charge in [-0.25, -0.2) is 4.98 Å². The molecule has 25 heavy (non-hydrogen) atoms. The molecule has 0 fully saturated rings. The Kier molecular flexibility index (Phi) is 4.80. The van der Waals surface area contributed by atoms with Gasteiger partial charge in [-0.15, -0.1) is 0 Å². The molecule has 0 saturated carbocycles. The van der Waals surface area contributed by atoms with Crippen LogP contribution in [0.1, 0.15) is 28.4 Å². The highest BCUT2D eigenvalue weighted by Gasteiger charge is 2.21. The molecule has 1 aromatic carbocycles. The van der Waals surface area contributed by atoms with Crippen molar-refractivity contribution in [1.82, 2.24) is 20.1 Å². The number of aromatic nitrogens is 3. The van der Waals surface area contributed by atoms with Crippen molar-refractivity contribution in [2.75, 3.05) is 0 Å². The van der Waals surface area contributed by atoms with Gasteiger partial charge in [0, 0.05) is 17.7 Å². The second-order valence-electron chi connectivity index (χ2n) is 5.54. The fourth-order valence-electron chi connectivity index (χ4n) is 2.60. The highest BCUT2D eigenvalue weighted by atomic mass is 79.9. The van der Waals surface area contributed by atoms with Gasteiger partial charge in [-0.3, -0.25) is 14.3 Å². The smallest absolute Gasteiger partial charge is 0.305 e. The number of benzene rings is 1. The number of hydrogen-bond acceptors (Lipinski definition) is 4. The minimum Gasteiger partial charge on any atom is -0.481 e. The van der Waals surface area contributed by atoms with Crippen LogP contribution in [-0.4, -0.2) is 31.7 Å². The Labute approximate surface area is 151 Å². The number of carbonyl (C=O) groups is 2. The van der Waals surface area contributed by atoms with E-state index in [1.807, 2.05) is 12.1 Å². The summed E-state index contributed by atoms with van der Waals surface area (Å²) in [6, 6.07) is 8.13. The van der Waals surface area contributed by atoms with E-state index >= 15 is 0 Å². The van der Waals surface area contributed by atoms with E-state index in [0.29, 0.717) is 16.6 Å². The Morgan fingerprint density at radius 3 is 2.68 bits per heavy atom. The van der Waals surface area contributed by atoms with Crippen LogP contribution in [0.5, 0.6) is 0 Å². The van der Waals surface area contributed by atoms with E-state index in [2.05, 4.69) is 31.3 Å². The summed E-state index contributed by atoms with van der Waals surface area (Å²) in [7, 11) is 1.74. The van der Waals surface area contributed by atoms with Gasteiger partial charge in [0.25, 0.3) is 5.91 Å². The first-order chi connectivity index (χ1) is 12.0. The van der Waals surface area contributed by atoms with Crippen molar-refractivity contribution in [3.05, 3.63) is 58.3 Å². The number of nitrogens with zero attached hydrogens (tertiary/aromatic N) is 3. The number of carboxylic acid groups (broad SMARTS) is 1. The molecule has 0 radical (unpaired) electrons. The minimum atomic E-state index is -0.991. The number of nitrogens with one attached hydrogen (secondary N) is 1. The van der Waals surface area contributed by atoms with Crippen LogP contribution < -0.4 is 5.32 Å². The lowest BCUT2D eigenvalue weighted by molar-refractivity contribution is -0.137. The maximum absolute atomic E-state index is 12.7. The van der Waals surface area contributed by atoms with Crippen LogP contribution in [0.15, 0.2) is 47.2 Å². The van der Waals surface area contributed by atoms with Gasteiger partial charge in [0.2, 0.25) is 0 Å². The number of aliphatic carboxylic acids is 1. The Morgan fingerprint density at radius 1 is 1.28 bits per heavy atom. The SMILES string of the molecule is Cn1ncc2c(C(=O)N[C@@H](CC(=O)O)c3ccc(Br)cc3)ccnc21. The van der Waals surface area contributed by atoms with Gasteiger partial charge in [-0.2, -0.15) is 5.10 Å². The third-order valence-electron chi connectivity index (χ3n) is 3.84. The molecule has 0 aliphatic carbocycles. The monoisotopic (exact) mass is 402 g/mol. The zero-order valence-electron chi connectivity index (χ0n) is 13.3. The van der Waals surface area contributed by atoms with Crippen molar-refractivity contribution in [2.45, 2.75) is 12.5 Å². The van der Waals surface area contributed by atoms with Crippen LogP contribution in [0.4, 0.5) is 0 Å². The zero-order chi connectivity index (χ0) is 18.0. The predicted molar refractivity (Wildman–Crippen MR) is 95.1 cm³/mol. The van der Waals surface area contributed by atoms with Crippen molar-refractivity contribution in [3.8, 4) is 0 Å². The summed E-state index contributed by atoms with van der Waals surface area (Å²) < 4.78 is 2.46. The molecule has 0 unspecified atom stereocenters. The molecule has 1 atom stereocenters. The Hall–Kier alpha value is -2.74. The molecule has 0 aliphatic heterocycles. The molecule has 1 amide bonds. The number of hydrogen-bond donors (Lipinski definition) is 2. The molecule has 128 valence electrons. The molecular weight excluding hydrogens is 388 g/mol. The number of aryl methyl sites for hydroxylation is 1. The van der Waals surface area contributed by atoms with Gasteiger partial charge < -0.3 is 10.4 Å². The molecular formula is C17H15BrN4O3. The van der Waals surface area contributed by atoms with Gasteiger partial charge in [-0.1, -0.05) is 28.1 Å². The first kappa shape index (κ1) is 17.1. The molecule has 3 aromatic rings. The third-order valence-corrected chi connectivity index (χ3v) is 4.37. The fraction of sp³-hybridized carbons (Fsp3) is 0.176. The number of halogens is 1. The second-order valence-corrected chi connectivity index (χ2v) is 6.46. The van der Waals surface area contributed by atoms with Crippen LogP contribution in [-0.2, 0) is 11.8 Å². The summed E-state index contributed by atoms with van der Waals surface area (Å²) in [5, 5.41) is 16.7. The summed E-state index contributed by atoms with van der Waals surface area (Å²) in [5.74, 6) is -1.36. The zero-order valence-corrected chi connectivity index (χ0v) is 14.9. The molecule has 2 N–H and O–H groups in total. The van der Waals surface area contributed by atoms with E-state index < -0.39 is 12.0 Å². The molecule has 2 heterocycles. The van der Waals surface area contributed by atoms with E-state index in [1.165, 1.54) is 6.20 Å². The van der Waals surface area contributed by atoms with Crippen molar-refractivity contribution < 1.29 is 14.7 Å². The molecule has 0 aliphatic rings. The maximum Gasteiger partial charge on any atom is 0.305 e. The molecule has 0 bridgehead atoms. The van der Waals surface area contributed by atoms with Gasteiger partial charge in [0.1, 0.15) is 0 Å². The normalized spacial score (nSPS) is 12.1. The fourth-order valence-corrected chi connectivity index (χ4v) is 2.87. The lowest BCUT2D eigenvalue weighted by Crippen LogP contribution is -2.30. The maximum atomic E-state index is 12.7. The Morgan fingerprint density at radius 2 is 2.00 bits per heavy atom. The topological polar surface area (TPSA) is 97.1 Å². The van der Waals surface area contributed by atoms with Crippen molar-refractivity contribution >= 4 is 38.8 Å². The third kappa shape index (κ3) is 3.69.